The van der Waals surface area contributed by atoms with Gasteiger partial charge in [-0.1, -0.05) is 12.1 Å². The molecule has 0 aliphatic carbocycles. The zero-order valence-electron chi connectivity index (χ0n) is 9.43. The predicted molar refractivity (Wildman–Crippen MR) is 72.7 cm³/mol. The lowest BCUT2D eigenvalue weighted by Gasteiger charge is -2.06. The first-order valence-electron chi connectivity index (χ1n) is 5.34. The smallest absolute Gasteiger partial charge is 0.335 e. The summed E-state index contributed by atoms with van der Waals surface area (Å²) in [5, 5.41) is 12.0. The first kappa shape index (κ1) is 12.6. The van der Waals surface area contributed by atoms with Crippen LogP contribution < -0.4 is 5.32 Å². The van der Waals surface area contributed by atoms with Crippen molar-refractivity contribution in [2.45, 2.75) is 6.54 Å². The Kier molecular flexibility index (Phi) is 3.94. The summed E-state index contributed by atoms with van der Waals surface area (Å²) >= 11 is 3.30. The molecule has 0 fully saturated rings. The van der Waals surface area contributed by atoms with Gasteiger partial charge in [0.1, 0.15) is 4.60 Å². The Morgan fingerprint density at radius 3 is 2.78 bits per heavy atom. The summed E-state index contributed by atoms with van der Waals surface area (Å²) in [4.78, 5) is 15.1. The number of carboxylic acid groups (broad SMARTS) is 1. The number of halogens is 1. The van der Waals surface area contributed by atoms with E-state index in [4.69, 9.17) is 5.11 Å². The van der Waals surface area contributed by atoms with E-state index in [1.54, 1.807) is 18.2 Å². The molecule has 18 heavy (non-hydrogen) atoms. The van der Waals surface area contributed by atoms with Crippen molar-refractivity contribution in [2.75, 3.05) is 5.32 Å². The first-order chi connectivity index (χ1) is 8.65. The van der Waals surface area contributed by atoms with Crippen LogP contribution >= 0.6 is 15.9 Å². The number of benzene rings is 1. The minimum absolute atomic E-state index is 0.266. The zero-order valence-corrected chi connectivity index (χ0v) is 11.0. The average molecular weight is 307 g/mol. The summed E-state index contributed by atoms with van der Waals surface area (Å²) in [6.45, 7) is 0.544. The maximum Gasteiger partial charge on any atom is 0.335 e. The first-order valence-corrected chi connectivity index (χ1v) is 6.13. The number of rotatable bonds is 4. The Labute approximate surface area is 113 Å². The average Bonchev–Trinajstić information content (AvgIpc) is 2.37. The monoisotopic (exact) mass is 306 g/mol. The second kappa shape index (κ2) is 5.64. The molecule has 2 N–H and O–H groups in total. The summed E-state index contributed by atoms with van der Waals surface area (Å²) in [6.07, 6.45) is 0. The number of aromatic carboxylic acids is 1. The number of nitrogens with zero attached hydrogens (tertiary/aromatic N) is 1. The number of pyridine rings is 1. The molecule has 1 aromatic carbocycles. The summed E-state index contributed by atoms with van der Waals surface area (Å²) in [6, 6.07) is 12.4. The van der Waals surface area contributed by atoms with Crippen LogP contribution in [0.4, 0.5) is 5.69 Å². The normalized spacial score (nSPS) is 10.1. The van der Waals surface area contributed by atoms with Crippen LogP contribution in [0.5, 0.6) is 0 Å². The largest absolute Gasteiger partial charge is 0.478 e. The van der Waals surface area contributed by atoms with Crippen molar-refractivity contribution in [3.8, 4) is 0 Å². The fourth-order valence-electron chi connectivity index (χ4n) is 1.50. The summed E-state index contributed by atoms with van der Waals surface area (Å²) in [5.74, 6) is -0.931. The third-order valence-electron chi connectivity index (χ3n) is 2.36. The van der Waals surface area contributed by atoms with Crippen LogP contribution in [0.1, 0.15) is 16.1 Å². The van der Waals surface area contributed by atoms with E-state index >= 15 is 0 Å². The predicted octanol–water partition coefficient (Wildman–Crippen LogP) is 3.15. The fraction of sp³-hybridized carbons (Fsp3) is 0.0769. The van der Waals surface area contributed by atoms with Crippen LogP contribution in [0.2, 0.25) is 0 Å². The highest BCUT2D eigenvalue weighted by Gasteiger charge is 2.03. The zero-order chi connectivity index (χ0) is 13.0. The summed E-state index contributed by atoms with van der Waals surface area (Å²) in [5.41, 5.74) is 1.91. The van der Waals surface area contributed by atoms with E-state index in [9.17, 15) is 4.79 Å². The molecule has 0 radical (unpaired) electrons. The van der Waals surface area contributed by atoms with E-state index in [1.165, 1.54) is 0 Å². The van der Waals surface area contributed by atoms with Crippen molar-refractivity contribution in [3.05, 3.63) is 58.3 Å². The second-order valence-corrected chi connectivity index (χ2v) is 4.50. The molecule has 4 nitrogen and oxygen atoms in total. The lowest BCUT2D eigenvalue weighted by atomic mass is 10.2. The molecule has 1 heterocycles. The number of aromatic nitrogens is 1. The molecule has 2 aromatic rings. The van der Waals surface area contributed by atoms with Crippen molar-refractivity contribution in [1.82, 2.24) is 4.98 Å². The summed E-state index contributed by atoms with van der Waals surface area (Å²) < 4.78 is 0.779. The molecule has 2 rings (SSSR count). The van der Waals surface area contributed by atoms with Gasteiger partial charge in [0.2, 0.25) is 0 Å². The Balaban J connectivity index is 2.06. The van der Waals surface area contributed by atoms with Gasteiger partial charge >= 0.3 is 5.97 Å². The van der Waals surface area contributed by atoms with E-state index in [0.717, 1.165) is 16.0 Å². The molecule has 0 aliphatic heterocycles. The van der Waals surface area contributed by atoms with Crippen molar-refractivity contribution < 1.29 is 9.90 Å². The van der Waals surface area contributed by atoms with E-state index in [2.05, 4.69) is 26.2 Å². The van der Waals surface area contributed by atoms with Gasteiger partial charge in [-0.3, -0.25) is 0 Å². The lowest BCUT2D eigenvalue weighted by Crippen LogP contribution is -2.03. The molecule has 0 aliphatic rings. The number of hydrogen-bond acceptors (Lipinski definition) is 3. The maximum absolute atomic E-state index is 10.8. The van der Waals surface area contributed by atoms with Gasteiger partial charge in [0.05, 0.1) is 17.8 Å². The molecule has 1 aromatic heterocycles. The van der Waals surface area contributed by atoms with Gasteiger partial charge in [0.15, 0.2) is 0 Å². The second-order valence-electron chi connectivity index (χ2n) is 3.69. The highest BCUT2D eigenvalue weighted by molar-refractivity contribution is 9.10. The van der Waals surface area contributed by atoms with Crippen LogP contribution in [-0.4, -0.2) is 16.1 Å². The van der Waals surface area contributed by atoms with E-state index in [-0.39, 0.29) is 5.56 Å². The van der Waals surface area contributed by atoms with Gasteiger partial charge in [-0.05, 0) is 46.3 Å². The lowest BCUT2D eigenvalue weighted by molar-refractivity contribution is 0.0697. The van der Waals surface area contributed by atoms with Gasteiger partial charge < -0.3 is 10.4 Å². The van der Waals surface area contributed by atoms with Crippen LogP contribution in [-0.2, 0) is 6.54 Å². The van der Waals surface area contributed by atoms with E-state index in [1.807, 2.05) is 24.3 Å². The number of anilines is 1. The van der Waals surface area contributed by atoms with Crippen molar-refractivity contribution in [3.63, 3.8) is 0 Å². The topological polar surface area (TPSA) is 62.2 Å². The molecule has 0 bridgehead atoms. The van der Waals surface area contributed by atoms with Crippen molar-refractivity contribution >= 4 is 27.6 Å². The molecule has 0 saturated carbocycles. The third-order valence-corrected chi connectivity index (χ3v) is 2.80. The SMILES string of the molecule is O=C(O)c1cccc(NCc2cccc(Br)n2)c1. The van der Waals surface area contributed by atoms with Crippen LogP contribution in [0, 0.1) is 0 Å². The van der Waals surface area contributed by atoms with Gasteiger partial charge in [0.25, 0.3) is 0 Å². The van der Waals surface area contributed by atoms with Crippen molar-refractivity contribution in [2.24, 2.45) is 0 Å². The van der Waals surface area contributed by atoms with E-state index < -0.39 is 5.97 Å². The fourth-order valence-corrected chi connectivity index (χ4v) is 1.88. The number of nitrogens with one attached hydrogen (secondary N) is 1. The number of hydrogen-bond donors (Lipinski definition) is 2. The molecular weight excluding hydrogens is 296 g/mol. The van der Waals surface area contributed by atoms with Gasteiger partial charge in [-0.15, -0.1) is 0 Å². The van der Waals surface area contributed by atoms with Crippen LogP contribution in [0.15, 0.2) is 47.1 Å². The molecule has 0 saturated heterocycles. The molecule has 0 atom stereocenters. The Hall–Kier alpha value is -1.88. The Morgan fingerprint density at radius 2 is 2.06 bits per heavy atom. The minimum atomic E-state index is -0.931. The van der Waals surface area contributed by atoms with Gasteiger partial charge in [-0.2, -0.15) is 0 Å². The highest BCUT2D eigenvalue weighted by Crippen LogP contribution is 2.12. The number of carboxylic acids is 1. The van der Waals surface area contributed by atoms with Gasteiger partial charge in [-0.25, -0.2) is 9.78 Å². The van der Waals surface area contributed by atoms with Crippen molar-refractivity contribution in [1.29, 1.82) is 0 Å². The molecular formula is C13H11BrN2O2. The Bertz CT molecular complexity index is 572. The molecule has 0 spiro atoms. The number of carbonyl (C=O) groups is 1. The maximum atomic E-state index is 10.8. The Morgan fingerprint density at radius 1 is 1.28 bits per heavy atom. The molecule has 0 unspecified atom stereocenters. The minimum Gasteiger partial charge on any atom is -0.478 e. The van der Waals surface area contributed by atoms with E-state index in [0.29, 0.717) is 6.54 Å². The molecule has 0 amide bonds. The summed E-state index contributed by atoms with van der Waals surface area (Å²) in [7, 11) is 0. The quantitative estimate of drug-likeness (QED) is 0.852. The highest BCUT2D eigenvalue weighted by atomic mass is 79.9. The van der Waals surface area contributed by atoms with Crippen LogP contribution in [0.25, 0.3) is 0 Å². The standard InChI is InChI=1S/C13H11BrN2O2/c14-12-6-2-5-11(16-12)8-15-10-4-1-3-9(7-10)13(17)18/h1-7,15H,8H2,(H,17,18). The van der Waals surface area contributed by atoms with Gasteiger partial charge in [0, 0.05) is 5.69 Å². The molecule has 5 heteroatoms. The third kappa shape index (κ3) is 3.30. The molecule has 92 valence electrons. The van der Waals surface area contributed by atoms with Crippen LogP contribution in [0.3, 0.4) is 0 Å².